The molecule has 0 radical (unpaired) electrons. The number of para-hydroxylation sites is 1. The standard InChI is InChI=1S/C63H54N3O.Pt/c1-40(2)48-27-30-58(55(38-48)47-25-28-53(29-26-47)63(5,6)7)66-59-20-14-19-54(60(59)65-62(66)56-34-41(3)33-42(4)61(56)67)51-35-50(44-17-12-9-13-18-44)36-52(37-51)57-39-49(31-32-64-57)46-23-21-45(22-24-46)43-15-10-8-11-16-43;/h8-36,38-40,67H,1-7H3;/q-1;/i40D;. The summed E-state index contributed by atoms with van der Waals surface area (Å²) in [7, 11) is 0. The SMILES string of the molecule is [2H]C(C)(C)c1ccc(-n2c(-c3cc(C)cc(C)c3O)nc3c(-c4[c-]c(-c5cc(-c6ccc(-c7ccccc7)cc6)ccn5)cc(-c5ccccc5)c4)cccc32)c(-c2ccc(C(C)(C)C)cc2)c1.[Pt]. The van der Waals surface area contributed by atoms with Crippen molar-refractivity contribution >= 4 is 11.0 Å². The first kappa shape index (κ1) is 44.7. The molecule has 0 aliphatic rings. The number of fused-ring (bicyclic) bond motifs is 1. The number of aromatic hydroxyl groups is 1. The molecule has 10 rings (SSSR count). The van der Waals surface area contributed by atoms with Crippen LogP contribution in [0.2, 0.25) is 0 Å². The molecule has 2 aromatic heterocycles. The van der Waals surface area contributed by atoms with Gasteiger partial charge < -0.3 is 5.11 Å². The maximum atomic E-state index is 11.9. The van der Waals surface area contributed by atoms with Crippen LogP contribution < -0.4 is 0 Å². The summed E-state index contributed by atoms with van der Waals surface area (Å²) < 4.78 is 11.3. The number of imidazole rings is 1. The van der Waals surface area contributed by atoms with Gasteiger partial charge in [-0.15, -0.1) is 23.8 Å². The van der Waals surface area contributed by atoms with Crippen LogP contribution in [0.5, 0.6) is 5.75 Å². The van der Waals surface area contributed by atoms with Crippen molar-refractivity contribution in [3.63, 3.8) is 0 Å². The zero-order valence-electron chi connectivity index (χ0n) is 40.5. The first-order chi connectivity index (χ1) is 32.7. The predicted octanol–water partition coefficient (Wildman–Crippen LogP) is 16.6. The monoisotopic (exact) mass is 1060 g/mol. The Morgan fingerprint density at radius 2 is 1.19 bits per heavy atom. The fourth-order valence-corrected chi connectivity index (χ4v) is 9.19. The molecule has 338 valence electrons. The van der Waals surface area contributed by atoms with Crippen molar-refractivity contribution in [2.24, 2.45) is 0 Å². The molecule has 0 fully saturated rings. The summed E-state index contributed by atoms with van der Waals surface area (Å²) >= 11 is 0. The van der Waals surface area contributed by atoms with E-state index < -0.39 is 5.89 Å². The second-order valence-electron chi connectivity index (χ2n) is 18.9. The topological polar surface area (TPSA) is 50.9 Å². The van der Waals surface area contributed by atoms with Gasteiger partial charge in [-0.2, -0.15) is 0 Å². The third-order valence-corrected chi connectivity index (χ3v) is 12.9. The number of nitrogens with zero attached hydrogens (tertiary/aromatic N) is 3. The van der Waals surface area contributed by atoms with Crippen LogP contribution in [0.3, 0.4) is 0 Å². The molecule has 0 spiro atoms. The van der Waals surface area contributed by atoms with Crippen molar-refractivity contribution in [2.75, 3.05) is 0 Å². The Kier molecular flexibility index (Phi) is 12.4. The number of aromatic nitrogens is 3. The summed E-state index contributed by atoms with van der Waals surface area (Å²) in [5.41, 5.74) is 19.2. The molecule has 8 aromatic carbocycles. The van der Waals surface area contributed by atoms with Gasteiger partial charge in [0.2, 0.25) is 0 Å². The number of hydrogen-bond donors (Lipinski definition) is 1. The van der Waals surface area contributed by atoms with Crippen LogP contribution in [-0.2, 0) is 26.5 Å². The van der Waals surface area contributed by atoms with Crippen molar-refractivity contribution in [2.45, 2.75) is 59.8 Å². The van der Waals surface area contributed by atoms with Gasteiger partial charge in [0.1, 0.15) is 11.6 Å². The molecule has 1 N–H and O–H groups in total. The number of rotatable bonds is 9. The Hall–Kier alpha value is -7.13. The average molecular weight is 1070 g/mol. The average Bonchev–Trinajstić information content (AvgIpc) is 3.74. The zero-order valence-corrected chi connectivity index (χ0v) is 41.8. The van der Waals surface area contributed by atoms with E-state index in [0.29, 0.717) is 11.4 Å². The van der Waals surface area contributed by atoms with Gasteiger partial charge in [0, 0.05) is 39.9 Å². The van der Waals surface area contributed by atoms with E-state index in [4.69, 9.17) is 11.3 Å². The van der Waals surface area contributed by atoms with E-state index in [1.807, 2.05) is 51.2 Å². The Morgan fingerprint density at radius 3 is 1.85 bits per heavy atom. The van der Waals surface area contributed by atoms with Crippen molar-refractivity contribution in [3.05, 3.63) is 217 Å². The molecule has 0 saturated heterocycles. The van der Waals surface area contributed by atoms with Gasteiger partial charge in [0.25, 0.3) is 0 Å². The molecule has 2 heterocycles. The zero-order chi connectivity index (χ0) is 47.3. The Balaban J connectivity index is 0.00000593. The van der Waals surface area contributed by atoms with Crippen LogP contribution in [0.4, 0.5) is 0 Å². The van der Waals surface area contributed by atoms with Gasteiger partial charge in [-0.25, -0.2) is 4.98 Å². The Bertz CT molecular complexity index is 3470. The minimum absolute atomic E-state index is 0. The van der Waals surface area contributed by atoms with E-state index in [-0.39, 0.29) is 32.2 Å². The molecular weight excluding hydrogens is 1010 g/mol. The summed E-state index contributed by atoms with van der Waals surface area (Å²) in [5, 5.41) is 11.9. The summed E-state index contributed by atoms with van der Waals surface area (Å²) in [6.07, 6.45) is 1.88. The fourth-order valence-electron chi connectivity index (χ4n) is 9.19. The summed E-state index contributed by atoms with van der Waals surface area (Å²) in [5.74, 6) is -0.0282. The molecule has 0 aliphatic heterocycles. The number of hydrogen-bond acceptors (Lipinski definition) is 3. The van der Waals surface area contributed by atoms with Crippen LogP contribution >= 0.6 is 0 Å². The smallest absolute Gasteiger partial charge is 0.148 e. The molecule has 0 amide bonds. The number of pyridine rings is 1. The van der Waals surface area contributed by atoms with Crippen LogP contribution in [0.25, 0.3) is 95.0 Å². The van der Waals surface area contributed by atoms with Gasteiger partial charge >= 0.3 is 0 Å². The molecule has 0 aliphatic carbocycles. The minimum atomic E-state index is -0.837. The van der Waals surface area contributed by atoms with Crippen LogP contribution in [-0.4, -0.2) is 19.6 Å². The van der Waals surface area contributed by atoms with Crippen LogP contribution in [0.1, 0.15) is 64.1 Å². The summed E-state index contributed by atoms with van der Waals surface area (Å²) in [4.78, 5) is 10.5. The normalized spacial score (nSPS) is 11.9. The van der Waals surface area contributed by atoms with E-state index >= 15 is 0 Å². The molecule has 10 aromatic rings. The molecule has 0 bridgehead atoms. The van der Waals surface area contributed by atoms with Crippen molar-refractivity contribution in [3.8, 4) is 89.7 Å². The first-order valence-corrected chi connectivity index (χ1v) is 23.0. The number of benzene rings is 8. The van der Waals surface area contributed by atoms with Crippen molar-refractivity contribution in [1.29, 1.82) is 0 Å². The summed E-state index contributed by atoms with van der Waals surface area (Å²) in [6.45, 7) is 14.5. The van der Waals surface area contributed by atoms with Gasteiger partial charge in [0.05, 0.1) is 22.3 Å². The number of phenols is 1. The van der Waals surface area contributed by atoms with Gasteiger partial charge in [-0.3, -0.25) is 9.55 Å². The fraction of sp³-hybridized carbons (Fsp3) is 0.143. The second kappa shape index (κ2) is 18.9. The number of phenolic OH excluding ortho intramolecular Hbond substituents is 1. The molecule has 68 heavy (non-hydrogen) atoms. The molecule has 4 nitrogen and oxygen atoms in total. The van der Waals surface area contributed by atoms with Gasteiger partial charge in [0.15, 0.2) is 0 Å². The molecule has 0 saturated carbocycles. The van der Waals surface area contributed by atoms with Gasteiger partial charge in [-0.1, -0.05) is 191 Å². The molecular formula is C63H54N3OPt-. The van der Waals surface area contributed by atoms with E-state index in [2.05, 4.69) is 196 Å². The first-order valence-electron chi connectivity index (χ1n) is 23.5. The number of aryl methyl sites for hydroxylation is 2. The third-order valence-electron chi connectivity index (χ3n) is 12.9. The van der Waals surface area contributed by atoms with Gasteiger partial charge in [-0.05, 0) is 111 Å². The molecule has 0 unspecified atom stereocenters. The van der Waals surface area contributed by atoms with E-state index in [1.54, 1.807) is 0 Å². The van der Waals surface area contributed by atoms with E-state index in [1.165, 1.54) is 16.7 Å². The van der Waals surface area contributed by atoms with Crippen LogP contribution in [0.15, 0.2) is 188 Å². The molecule has 0 atom stereocenters. The van der Waals surface area contributed by atoms with E-state index in [0.717, 1.165) is 89.2 Å². The van der Waals surface area contributed by atoms with E-state index in [9.17, 15) is 5.11 Å². The molecule has 5 heteroatoms. The largest absolute Gasteiger partial charge is 0.507 e. The second-order valence-corrected chi connectivity index (χ2v) is 18.9. The van der Waals surface area contributed by atoms with Crippen molar-refractivity contribution in [1.82, 2.24) is 14.5 Å². The quantitative estimate of drug-likeness (QED) is 0.147. The predicted molar refractivity (Wildman–Crippen MR) is 280 cm³/mol. The van der Waals surface area contributed by atoms with Crippen LogP contribution in [0, 0.1) is 19.9 Å². The maximum absolute atomic E-state index is 11.9. The third kappa shape index (κ3) is 9.02. The Labute approximate surface area is 416 Å². The summed E-state index contributed by atoms with van der Waals surface area (Å²) in [6, 6.07) is 67.4. The maximum Gasteiger partial charge on any atom is 0.148 e. The van der Waals surface area contributed by atoms with Crippen molar-refractivity contribution < 1.29 is 27.5 Å². The minimum Gasteiger partial charge on any atom is -0.507 e. The Morgan fingerprint density at radius 1 is 0.574 bits per heavy atom.